The molecule has 20 nitrogen and oxygen atoms in total. The van der Waals surface area contributed by atoms with Gasteiger partial charge < -0.3 is 54.4 Å². The molecular formula is C46H85N13O7. The van der Waals surface area contributed by atoms with Crippen molar-refractivity contribution in [2.75, 3.05) is 45.8 Å². The smallest absolute Gasteiger partial charge is 0.243 e. The van der Waals surface area contributed by atoms with Gasteiger partial charge in [0, 0.05) is 78.4 Å². The van der Waals surface area contributed by atoms with E-state index in [9.17, 15) is 33.6 Å². The van der Waals surface area contributed by atoms with E-state index < -0.39 is 18.1 Å². The first-order valence-corrected chi connectivity index (χ1v) is 24.3. The van der Waals surface area contributed by atoms with E-state index in [-0.39, 0.29) is 59.7 Å². The molecule has 0 aromatic rings. The molecule has 3 heterocycles. The molecular weight excluding hydrogens is 847 g/mol. The van der Waals surface area contributed by atoms with E-state index in [0.29, 0.717) is 108 Å². The SMILES string of the molecule is CCC(N)=NCCC[C@@H]1CNC(=O)C(NC(C)=O)CCCCNC1=O.CCC(N)=NCCC[C@@H]1CNC(=O)CCCCCNC1=O.CCC(N)=NCCC[C@H]1NC(=O)[C@H](CC(C)C)NC1=O. The van der Waals surface area contributed by atoms with Gasteiger partial charge in [-0.05, 0) is 83.0 Å². The Morgan fingerprint density at radius 3 is 1.58 bits per heavy atom. The lowest BCUT2D eigenvalue weighted by molar-refractivity contribution is -0.137. The first-order valence-electron chi connectivity index (χ1n) is 24.3. The monoisotopic (exact) mass is 932 g/mol. The third-order valence-electron chi connectivity index (χ3n) is 11.2. The minimum atomic E-state index is -0.541. The number of hydrogen-bond donors (Lipinski definition) is 10. The summed E-state index contributed by atoms with van der Waals surface area (Å²) < 4.78 is 0. The number of carbonyl (C=O) groups excluding carboxylic acids is 7. The van der Waals surface area contributed by atoms with Gasteiger partial charge in [0.05, 0.1) is 29.3 Å². The summed E-state index contributed by atoms with van der Waals surface area (Å²) in [5.41, 5.74) is 16.9. The molecule has 1 unspecified atom stereocenters. The van der Waals surface area contributed by atoms with E-state index in [2.05, 4.69) is 52.2 Å². The normalized spacial score (nSPS) is 23.0. The maximum Gasteiger partial charge on any atom is 0.243 e. The van der Waals surface area contributed by atoms with Gasteiger partial charge in [0.25, 0.3) is 0 Å². The number of amides is 7. The third-order valence-corrected chi connectivity index (χ3v) is 11.2. The number of rotatable bonds is 18. The van der Waals surface area contributed by atoms with Gasteiger partial charge in [-0.1, -0.05) is 41.0 Å². The van der Waals surface area contributed by atoms with Crippen LogP contribution in [0.4, 0.5) is 0 Å². The van der Waals surface area contributed by atoms with Crippen LogP contribution >= 0.6 is 0 Å². The number of hydrogen-bond acceptors (Lipinski definition) is 10. The second-order valence-corrected chi connectivity index (χ2v) is 17.4. The fraction of sp³-hybridized carbons (Fsp3) is 0.783. The standard InChI is InChI=1S/C17H31N5O3.C15H28N4O2.C14H26N4O2/c1-3-15(18)19-10-6-7-13-11-21-17(25)14(22-12(2)23)8-4-5-9-20-16(13)24;1-2-13(16)17-10-6-7-12-11-19-14(20)8-4-3-5-9-18-15(12)21;1-4-12(15)16-7-5-6-10-13(19)18-11(8-9(2)3)14(20)17-10/h13-14H,3-11H2,1-2H3,(H2,18,19)(H,20,24)(H,21,25)(H,22,23);12H,2-11H2,1H3,(H2,16,17)(H,18,21)(H,19,20);9-11H,4-8H2,1-3H3,(H2,15,16)(H,17,20)(H,18,19)/t13-,14?;12-;10-,11+/m111/s1. The number of nitrogens with one attached hydrogen (secondary N) is 7. The topological polar surface area (TPSA) is 319 Å². The highest BCUT2D eigenvalue weighted by Gasteiger charge is 2.33. The molecule has 0 spiro atoms. The van der Waals surface area contributed by atoms with Gasteiger partial charge in [-0.25, -0.2) is 0 Å². The molecule has 3 fully saturated rings. The Morgan fingerprint density at radius 2 is 1.08 bits per heavy atom. The molecule has 0 aliphatic carbocycles. The van der Waals surface area contributed by atoms with E-state index in [1.165, 1.54) is 6.92 Å². The fourth-order valence-electron chi connectivity index (χ4n) is 7.10. The fourth-order valence-corrected chi connectivity index (χ4v) is 7.10. The lowest BCUT2D eigenvalue weighted by Gasteiger charge is -2.30. The molecule has 66 heavy (non-hydrogen) atoms. The van der Waals surface area contributed by atoms with Crippen molar-refractivity contribution in [2.24, 2.45) is 49.9 Å². The zero-order chi connectivity index (χ0) is 49.3. The average molecular weight is 932 g/mol. The highest BCUT2D eigenvalue weighted by molar-refractivity contribution is 5.97. The van der Waals surface area contributed by atoms with Crippen LogP contribution in [0.5, 0.6) is 0 Å². The Morgan fingerprint density at radius 1 is 0.606 bits per heavy atom. The van der Waals surface area contributed by atoms with E-state index in [0.717, 1.165) is 64.2 Å². The Labute approximate surface area is 393 Å². The van der Waals surface area contributed by atoms with Gasteiger partial charge in [0.1, 0.15) is 18.1 Å². The van der Waals surface area contributed by atoms with Gasteiger partial charge in [-0.15, -0.1) is 0 Å². The molecule has 0 bridgehead atoms. The van der Waals surface area contributed by atoms with Gasteiger partial charge in [-0.3, -0.25) is 48.5 Å². The van der Waals surface area contributed by atoms with Crippen LogP contribution < -0.4 is 54.4 Å². The molecule has 5 atom stereocenters. The number of piperazine rings is 1. The summed E-state index contributed by atoms with van der Waals surface area (Å²) in [4.78, 5) is 96.1. The van der Waals surface area contributed by atoms with Gasteiger partial charge in [-0.2, -0.15) is 0 Å². The maximum atomic E-state index is 12.3. The van der Waals surface area contributed by atoms with Crippen molar-refractivity contribution in [3.63, 3.8) is 0 Å². The highest BCUT2D eigenvalue weighted by Crippen LogP contribution is 2.13. The predicted octanol–water partition coefficient (Wildman–Crippen LogP) is 1.59. The minimum absolute atomic E-state index is 0.0321. The van der Waals surface area contributed by atoms with Crippen LogP contribution in [0.15, 0.2) is 15.0 Å². The quantitative estimate of drug-likeness (QED) is 0.0538. The zero-order valence-corrected chi connectivity index (χ0v) is 40.9. The number of nitrogens with zero attached hydrogens (tertiary/aromatic N) is 3. The molecule has 3 aliphatic rings. The molecule has 3 rings (SSSR count). The molecule has 0 aromatic heterocycles. The summed E-state index contributed by atoms with van der Waals surface area (Å²) in [5, 5.41) is 19.8. The maximum absolute atomic E-state index is 12.3. The van der Waals surface area contributed by atoms with Crippen molar-refractivity contribution in [3.8, 4) is 0 Å². The number of aliphatic imine (C=N–C) groups is 3. The van der Waals surface area contributed by atoms with Crippen molar-refractivity contribution in [3.05, 3.63) is 0 Å². The Kier molecular flexibility index (Phi) is 31.1. The van der Waals surface area contributed by atoms with E-state index in [4.69, 9.17) is 17.2 Å². The molecule has 7 amide bonds. The van der Waals surface area contributed by atoms with Crippen molar-refractivity contribution in [1.29, 1.82) is 0 Å². The van der Waals surface area contributed by atoms with Crippen LogP contribution in [0, 0.1) is 17.8 Å². The molecule has 20 heteroatoms. The van der Waals surface area contributed by atoms with Crippen molar-refractivity contribution >= 4 is 58.9 Å². The van der Waals surface area contributed by atoms with Crippen LogP contribution in [0.25, 0.3) is 0 Å². The Balaban J connectivity index is 0.000000499. The molecule has 3 saturated heterocycles. The van der Waals surface area contributed by atoms with Crippen LogP contribution in [-0.2, 0) is 33.6 Å². The first-order chi connectivity index (χ1) is 31.5. The lowest BCUT2D eigenvalue weighted by Crippen LogP contribution is -2.61. The molecule has 0 saturated carbocycles. The van der Waals surface area contributed by atoms with Crippen molar-refractivity contribution in [1.82, 2.24) is 37.2 Å². The summed E-state index contributed by atoms with van der Waals surface area (Å²) in [5.74, 6) is 1.15. The Bertz CT molecular complexity index is 1600. The predicted molar refractivity (Wildman–Crippen MR) is 260 cm³/mol. The summed E-state index contributed by atoms with van der Waals surface area (Å²) >= 11 is 0. The second kappa shape index (κ2) is 35.0. The van der Waals surface area contributed by atoms with E-state index >= 15 is 0 Å². The summed E-state index contributed by atoms with van der Waals surface area (Å²) in [6, 6.07) is -1.38. The average Bonchev–Trinajstić information content (AvgIpc) is 3.33. The van der Waals surface area contributed by atoms with E-state index in [1.54, 1.807) is 0 Å². The lowest BCUT2D eigenvalue weighted by atomic mass is 9.99. The van der Waals surface area contributed by atoms with Crippen LogP contribution in [0.2, 0.25) is 0 Å². The molecule has 3 aliphatic heterocycles. The number of nitrogens with two attached hydrogens (primary N) is 3. The minimum Gasteiger partial charge on any atom is -0.387 e. The van der Waals surface area contributed by atoms with Crippen molar-refractivity contribution < 1.29 is 33.6 Å². The molecule has 0 radical (unpaired) electrons. The van der Waals surface area contributed by atoms with Crippen LogP contribution in [-0.4, -0.2) is 123 Å². The number of amidine groups is 3. The van der Waals surface area contributed by atoms with E-state index in [1.807, 2.05) is 34.6 Å². The molecule has 13 N–H and O–H groups in total. The Hall–Kier alpha value is -5.30. The first kappa shape index (κ1) is 58.7. The number of carbonyl (C=O) groups is 7. The van der Waals surface area contributed by atoms with Gasteiger partial charge in [0.2, 0.25) is 41.4 Å². The van der Waals surface area contributed by atoms with Gasteiger partial charge >= 0.3 is 0 Å². The highest BCUT2D eigenvalue weighted by atomic mass is 16.2. The third kappa shape index (κ3) is 27.2. The summed E-state index contributed by atoms with van der Waals surface area (Å²) in [6.45, 7) is 15.1. The van der Waals surface area contributed by atoms with Crippen LogP contribution in [0.1, 0.15) is 151 Å². The van der Waals surface area contributed by atoms with Crippen LogP contribution in [0.3, 0.4) is 0 Å². The second-order valence-electron chi connectivity index (χ2n) is 17.4. The van der Waals surface area contributed by atoms with Crippen molar-refractivity contribution in [2.45, 2.75) is 169 Å². The largest absolute Gasteiger partial charge is 0.387 e. The van der Waals surface area contributed by atoms with Gasteiger partial charge in [0.15, 0.2) is 0 Å². The molecule has 0 aromatic carbocycles. The molecule has 376 valence electrons. The summed E-state index contributed by atoms with van der Waals surface area (Å²) in [7, 11) is 0. The zero-order valence-electron chi connectivity index (χ0n) is 40.9. The summed E-state index contributed by atoms with van der Waals surface area (Å²) in [6.07, 6.45) is 12.5.